The number of phenols is 1. The van der Waals surface area contributed by atoms with Gasteiger partial charge in [-0.25, -0.2) is 4.39 Å². The minimum absolute atomic E-state index is 0.185. The number of carbonyl (C=O) groups excluding carboxylic acids is 1. The lowest BCUT2D eigenvalue weighted by molar-refractivity contribution is 0.265. The molecule has 1 aliphatic rings. The number of hydrogen-bond acceptors (Lipinski definition) is 4. The standard InChI is InChI=1S/C10H6FNO2S2/c11-6-2-1-5(7(13)4-6)3-8-9(15)12-10(14)16-8/h1-4,13H,(H,12,14,15). The van der Waals surface area contributed by atoms with E-state index in [1.54, 1.807) is 6.08 Å². The summed E-state index contributed by atoms with van der Waals surface area (Å²) in [6.07, 6.45) is 1.54. The Morgan fingerprint density at radius 2 is 2.25 bits per heavy atom. The molecule has 0 radical (unpaired) electrons. The van der Waals surface area contributed by atoms with Gasteiger partial charge in [0.1, 0.15) is 16.6 Å². The maximum absolute atomic E-state index is 12.7. The van der Waals surface area contributed by atoms with Gasteiger partial charge >= 0.3 is 0 Å². The molecule has 1 aliphatic heterocycles. The van der Waals surface area contributed by atoms with Crippen LogP contribution in [0.3, 0.4) is 0 Å². The summed E-state index contributed by atoms with van der Waals surface area (Å²) in [4.78, 5) is 11.9. The van der Waals surface area contributed by atoms with Crippen molar-refractivity contribution >= 4 is 40.3 Å². The molecule has 3 nitrogen and oxygen atoms in total. The van der Waals surface area contributed by atoms with Crippen LogP contribution < -0.4 is 5.32 Å². The number of halogens is 1. The van der Waals surface area contributed by atoms with Crippen LogP contribution in [0.15, 0.2) is 23.1 Å². The van der Waals surface area contributed by atoms with Gasteiger partial charge < -0.3 is 10.4 Å². The third-order valence-electron chi connectivity index (χ3n) is 1.92. The summed E-state index contributed by atoms with van der Waals surface area (Å²) in [7, 11) is 0. The molecule has 16 heavy (non-hydrogen) atoms. The Balaban J connectivity index is 2.36. The summed E-state index contributed by atoms with van der Waals surface area (Å²) in [6.45, 7) is 0. The zero-order valence-electron chi connectivity index (χ0n) is 7.86. The zero-order valence-corrected chi connectivity index (χ0v) is 9.49. The molecule has 0 aliphatic carbocycles. The molecule has 0 unspecified atom stereocenters. The summed E-state index contributed by atoms with van der Waals surface area (Å²) in [6, 6.07) is 3.65. The normalized spacial score (nSPS) is 17.9. The van der Waals surface area contributed by atoms with E-state index >= 15 is 0 Å². The van der Waals surface area contributed by atoms with Gasteiger partial charge in [0.05, 0.1) is 4.91 Å². The van der Waals surface area contributed by atoms with Crippen LogP contribution in [0.4, 0.5) is 9.18 Å². The van der Waals surface area contributed by atoms with Gasteiger partial charge in [0, 0.05) is 11.6 Å². The van der Waals surface area contributed by atoms with Gasteiger partial charge in [0.15, 0.2) is 0 Å². The zero-order chi connectivity index (χ0) is 11.7. The van der Waals surface area contributed by atoms with Crippen LogP contribution >= 0.6 is 24.0 Å². The predicted molar refractivity (Wildman–Crippen MR) is 64.8 cm³/mol. The molecule has 1 aromatic carbocycles. The molecule has 82 valence electrons. The highest BCUT2D eigenvalue weighted by atomic mass is 32.2. The van der Waals surface area contributed by atoms with Crippen LogP contribution in [0, 0.1) is 5.82 Å². The summed E-state index contributed by atoms with van der Waals surface area (Å²) >= 11 is 5.86. The molecule has 0 spiro atoms. The Kier molecular flexibility index (Phi) is 2.93. The smallest absolute Gasteiger partial charge is 0.289 e. The minimum atomic E-state index is -0.518. The molecule has 0 saturated carbocycles. The van der Waals surface area contributed by atoms with Crippen molar-refractivity contribution in [3.05, 3.63) is 34.5 Å². The number of rotatable bonds is 1. The molecule has 1 saturated heterocycles. The molecule has 6 heteroatoms. The van der Waals surface area contributed by atoms with Crippen molar-refractivity contribution in [1.29, 1.82) is 0 Å². The first-order chi connectivity index (χ1) is 7.56. The largest absolute Gasteiger partial charge is 0.507 e. The number of nitrogens with one attached hydrogen (secondary N) is 1. The molecule has 2 rings (SSSR count). The number of aromatic hydroxyl groups is 1. The van der Waals surface area contributed by atoms with Crippen molar-refractivity contribution in [1.82, 2.24) is 5.32 Å². The van der Waals surface area contributed by atoms with Crippen molar-refractivity contribution in [3.63, 3.8) is 0 Å². The Hall–Kier alpha value is -1.40. The average Bonchev–Trinajstić information content (AvgIpc) is 2.50. The highest BCUT2D eigenvalue weighted by Crippen LogP contribution is 2.29. The van der Waals surface area contributed by atoms with Gasteiger partial charge in [0.25, 0.3) is 5.24 Å². The van der Waals surface area contributed by atoms with E-state index in [-0.39, 0.29) is 11.0 Å². The summed E-state index contributed by atoms with van der Waals surface area (Å²) < 4.78 is 12.7. The molecule has 0 aromatic heterocycles. The van der Waals surface area contributed by atoms with Crippen LogP contribution in [-0.2, 0) is 0 Å². The number of thiocarbonyl (C=S) groups is 1. The van der Waals surface area contributed by atoms with Crippen LogP contribution in [0.5, 0.6) is 5.75 Å². The summed E-state index contributed by atoms with van der Waals surface area (Å²) in [5.41, 5.74) is 0.419. The van der Waals surface area contributed by atoms with Crippen LogP contribution in [0.2, 0.25) is 0 Å². The highest BCUT2D eigenvalue weighted by molar-refractivity contribution is 8.19. The second-order valence-corrected chi connectivity index (χ2v) is 4.48. The van der Waals surface area contributed by atoms with Gasteiger partial charge in [-0.1, -0.05) is 12.2 Å². The molecule has 0 bridgehead atoms. The Morgan fingerprint density at radius 1 is 1.50 bits per heavy atom. The number of amides is 1. The number of benzene rings is 1. The van der Waals surface area contributed by atoms with E-state index in [4.69, 9.17) is 12.2 Å². The fraction of sp³-hybridized carbons (Fsp3) is 0. The fourth-order valence-corrected chi connectivity index (χ4v) is 2.22. The van der Waals surface area contributed by atoms with Gasteiger partial charge in [-0.2, -0.15) is 0 Å². The van der Waals surface area contributed by atoms with E-state index in [0.717, 1.165) is 17.8 Å². The second-order valence-electron chi connectivity index (χ2n) is 3.06. The van der Waals surface area contributed by atoms with Crippen molar-refractivity contribution in [3.8, 4) is 5.75 Å². The monoisotopic (exact) mass is 255 g/mol. The maximum atomic E-state index is 12.7. The van der Waals surface area contributed by atoms with E-state index in [9.17, 15) is 14.3 Å². The first kappa shape index (κ1) is 11.1. The minimum Gasteiger partial charge on any atom is -0.507 e. The van der Waals surface area contributed by atoms with Crippen molar-refractivity contribution < 1.29 is 14.3 Å². The van der Waals surface area contributed by atoms with Crippen LogP contribution in [0.1, 0.15) is 5.56 Å². The van der Waals surface area contributed by atoms with Crippen LogP contribution in [-0.4, -0.2) is 15.3 Å². The van der Waals surface area contributed by atoms with E-state index < -0.39 is 5.82 Å². The second kappa shape index (κ2) is 4.23. The number of hydrogen-bond donors (Lipinski definition) is 2. The first-order valence-electron chi connectivity index (χ1n) is 4.29. The Morgan fingerprint density at radius 3 is 2.81 bits per heavy atom. The topological polar surface area (TPSA) is 49.3 Å². The Bertz CT molecular complexity index is 514. The molecule has 1 amide bonds. The molecule has 1 aromatic rings. The van der Waals surface area contributed by atoms with E-state index in [0.29, 0.717) is 15.5 Å². The van der Waals surface area contributed by atoms with E-state index in [1.165, 1.54) is 12.1 Å². The predicted octanol–water partition coefficient (Wildman–Crippen LogP) is 2.66. The molecule has 0 atom stereocenters. The maximum Gasteiger partial charge on any atom is 0.289 e. The number of carbonyl (C=O) groups is 1. The van der Waals surface area contributed by atoms with Crippen molar-refractivity contribution in [2.24, 2.45) is 0 Å². The molecule has 1 fully saturated rings. The van der Waals surface area contributed by atoms with E-state index in [1.807, 2.05) is 0 Å². The van der Waals surface area contributed by atoms with Gasteiger partial charge in [0.2, 0.25) is 0 Å². The molecule has 1 heterocycles. The lowest BCUT2D eigenvalue weighted by Crippen LogP contribution is -2.15. The summed E-state index contributed by atoms with van der Waals surface area (Å²) in [5.74, 6) is -0.703. The lowest BCUT2D eigenvalue weighted by atomic mass is 10.2. The third-order valence-corrected chi connectivity index (χ3v) is 3.20. The Labute approximate surface area is 100 Å². The van der Waals surface area contributed by atoms with Gasteiger partial charge in [-0.15, -0.1) is 0 Å². The summed E-state index contributed by atoms with van der Waals surface area (Å²) in [5, 5.41) is 11.7. The third kappa shape index (κ3) is 2.23. The first-order valence-corrected chi connectivity index (χ1v) is 5.52. The average molecular weight is 255 g/mol. The molecule has 2 N–H and O–H groups in total. The molecular formula is C10H6FNO2S2. The number of thioether (sulfide) groups is 1. The lowest BCUT2D eigenvalue weighted by Gasteiger charge is -2.00. The van der Waals surface area contributed by atoms with Crippen LogP contribution in [0.25, 0.3) is 6.08 Å². The van der Waals surface area contributed by atoms with Gasteiger partial charge in [-0.3, -0.25) is 4.79 Å². The van der Waals surface area contributed by atoms with Gasteiger partial charge in [-0.05, 0) is 30.0 Å². The van der Waals surface area contributed by atoms with E-state index in [2.05, 4.69) is 5.32 Å². The quantitative estimate of drug-likeness (QED) is 0.598. The fourth-order valence-electron chi connectivity index (χ4n) is 1.20. The van der Waals surface area contributed by atoms with Crippen molar-refractivity contribution in [2.75, 3.05) is 0 Å². The SMILES string of the molecule is O=C1NC(=S)C(=Cc2ccc(F)cc2O)S1. The number of phenolic OH excluding ortho intramolecular Hbond substituents is 1. The highest BCUT2D eigenvalue weighted by Gasteiger charge is 2.21. The van der Waals surface area contributed by atoms with Crippen molar-refractivity contribution in [2.45, 2.75) is 0 Å². The molecular weight excluding hydrogens is 249 g/mol.